The van der Waals surface area contributed by atoms with Gasteiger partial charge in [0.2, 0.25) is 5.16 Å². The summed E-state index contributed by atoms with van der Waals surface area (Å²) in [7, 11) is 0. The lowest BCUT2D eigenvalue weighted by molar-refractivity contribution is -0.139. The molecule has 0 aliphatic heterocycles. The first-order chi connectivity index (χ1) is 7.27. The maximum absolute atomic E-state index is 11.0. The van der Waals surface area contributed by atoms with E-state index in [4.69, 9.17) is 9.84 Å². The molecule has 0 bridgehead atoms. The van der Waals surface area contributed by atoms with Crippen molar-refractivity contribution in [1.29, 1.82) is 0 Å². The van der Waals surface area contributed by atoms with Gasteiger partial charge in [-0.25, -0.2) is 4.68 Å². The molecule has 0 fully saturated rings. The Morgan fingerprint density at radius 1 is 1.67 bits per heavy atom. The van der Waals surface area contributed by atoms with E-state index in [2.05, 4.69) is 15.5 Å². The van der Waals surface area contributed by atoms with Crippen LogP contribution in [0, 0.1) is 0 Å². The van der Waals surface area contributed by atoms with Crippen molar-refractivity contribution in [3.05, 3.63) is 0 Å². The maximum Gasteiger partial charge on any atom is 0.316 e. The summed E-state index contributed by atoms with van der Waals surface area (Å²) in [6, 6.07) is 0. The van der Waals surface area contributed by atoms with Crippen molar-refractivity contribution in [2.24, 2.45) is 0 Å². The second-order valence-corrected chi connectivity index (χ2v) is 3.44. The molecule has 0 unspecified atom stereocenters. The molecule has 1 aromatic rings. The molecule has 15 heavy (non-hydrogen) atoms. The first-order valence-corrected chi connectivity index (χ1v) is 5.42. The van der Waals surface area contributed by atoms with Crippen LogP contribution in [0.5, 0.6) is 0 Å². The van der Waals surface area contributed by atoms with Gasteiger partial charge in [-0.2, -0.15) is 0 Å². The quantitative estimate of drug-likeness (QED) is 0.513. The normalized spacial score (nSPS) is 10.3. The molecule has 84 valence electrons. The van der Waals surface area contributed by atoms with Crippen molar-refractivity contribution in [2.75, 3.05) is 19.0 Å². The Morgan fingerprint density at radius 3 is 3.13 bits per heavy atom. The first kappa shape index (κ1) is 11.9. The highest BCUT2D eigenvalue weighted by atomic mass is 32.2. The van der Waals surface area contributed by atoms with E-state index in [9.17, 15) is 4.79 Å². The van der Waals surface area contributed by atoms with Gasteiger partial charge in [0.05, 0.1) is 25.5 Å². The van der Waals surface area contributed by atoms with Crippen molar-refractivity contribution >= 4 is 17.7 Å². The molecule has 1 N–H and O–H groups in total. The highest BCUT2D eigenvalue weighted by Crippen LogP contribution is 2.13. The number of tetrazole rings is 1. The number of esters is 1. The molecular formula is C7H12N4O3S. The highest BCUT2D eigenvalue weighted by Gasteiger charge is 2.09. The van der Waals surface area contributed by atoms with E-state index >= 15 is 0 Å². The van der Waals surface area contributed by atoms with E-state index < -0.39 is 0 Å². The lowest BCUT2D eigenvalue weighted by atomic mass is 10.7. The number of thioether (sulfide) groups is 1. The van der Waals surface area contributed by atoms with Crippen LogP contribution in [0.4, 0.5) is 0 Å². The third-order valence-corrected chi connectivity index (χ3v) is 2.37. The predicted molar refractivity (Wildman–Crippen MR) is 52.3 cm³/mol. The number of hydrogen-bond donors (Lipinski definition) is 1. The summed E-state index contributed by atoms with van der Waals surface area (Å²) in [5, 5.41) is 20.0. The zero-order chi connectivity index (χ0) is 11.1. The van der Waals surface area contributed by atoms with Crippen LogP contribution in [0.25, 0.3) is 0 Å². The Labute approximate surface area is 90.8 Å². The van der Waals surface area contributed by atoms with Crippen LogP contribution in [0.1, 0.15) is 6.92 Å². The van der Waals surface area contributed by atoms with Crippen LogP contribution < -0.4 is 0 Å². The van der Waals surface area contributed by atoms with Gasteiger partial charge >= 0.3 is 5.97 Å². The van der Waals surface area contributed by atoms with Crippen LogP contribution in [-0.2, 0) is 16.1 Å². The average molecular weight is 232 g/mol. The molecule has 1 heterocycles. The molecule has 8 heteroatoms. The van der Waals surface area contributed by atoms with Crippen LogP contribution in [-0.4, -0.2) is 50.2 Å². The summed E-state index contributed by atoms with van der Waals surface area (Å²) in [4.78, 5) is 11.0. The Kier molecular flexibility index (Phi) is 5.05. The van der Waals surface area contributed by atoms with Crippen LogP contribution in [0.15, 0.2) is 5.16 Å². The van der Waals surface area contributed by atoms with E-state index in [1.165, 1.54) is 16.4 Å². The van der Waals surface area contributed by atoms with Crippen molar-refractivity contribution < 1.29 is 14.6 Å². The van der Waals surface area contributed by atoms with Gasteiger partial charge in [0.15, 0.2) is 0 Å². The fourth-order valence-electron chi connectivity index (χ4n) is 0.861. The molecule has 0 saturated heterocycles. The van der Waals surface area contributed by atoms with Crippen molar-refractivity contribution in [3.63, 3.8) is 0 Å². The molecule has 0 aliphatic carbocycles. The van der Waals surface area contributed by atoms with E-state index in [-0.39, 0.29) is 18.3 Å². The number of aliphatic hydroxyl groups excluding tert-OH is 1. The third-order valence-electron chi connectivity index (χ3n) is 1.44. The molecule has 0 amide bonds. The lowest BCUT2D eigenvalue weighted by Gasteiger charge is -2.01. The monoisotopic (exact) mass is 232 g/mol. The lowest BCUT2D eigenvalue weighted by Crippen LogP contribution is -2.09. The number of carbonyl (C=O) groups is 1. The van der Waals surface area contributed by atoms with E-state index in [1.54, 1.807) is 6.92 Å². The summed E-state index contributed by atoms with van der Waals surface area (Å²) in [6.45, 7) is 2.38. The fraction of sp³-hybridized carbons (Fsp3) is 0.714. The molecule has 1 aromatic heterocycles. The van der Waals surface area contributed by atoms with E-state index in [1.807, 2.05) is 0 Å². The molecule has 0 saturated carbocycles. The fourth-order valence-corrected chi connectivity index (χ4v) is 1.56. The molecule has 0 aliphatic rings. The molecule has 7 nitrogen and oxygen atoms in total. The van der Waals surface area contributed by atoms with Crippen molar-refractivity contribution in [3.8, 4) is 0 Å². The van der Waals surface area contributed by atoms with Crippen LogP contribution in [0.2, 0.25) is 0 Å². The number of aromatic nitrogens is 4. The Hall–Kier alpha value is -1.15. The highest BCUT2D eigenvalue weighted by molar-refractivity contribution is 7.99. The number of rotatable bonds is 6. The molecular weight excluding hydrogens is 220 g/mol. The molecule has 0 radical (unpaired) electrons. The Morgan fingerprint density at radius 2 is 2.47 bits per heavy atom. The number of ether oxygens (including phenoxy) is 1. The number of carbonyl (C=O) groups excluding carboxylic acids is 1. The third kappa shape index (κ3) is 3.84. The minimum Gasteiger partial charge on any atom is -0.465 e. The van der Waals surface area contributed by atoms with Crippen molar-refractivity contribution in [2.45, 2.75) is 18.6 Å². The Balaban J connectivity index is 2.42. The second kappa shape index (κ2) is 6.36. The summed E-state index contributed by atoms with van der Waals surface area (Å²) in [5.41, 5.74) is 0. The van der Waals surface area contributed by atoms with Gasteiger partial charge in [-0.1, -0.05) is 11.8 Å². The first-order valence-electron chi connectivity index (χ1n) is 4.43. The molecule has 0 aromatic carbocycles. The van der Waals surface area contributed by atoms with Gasteiger partial charge in [-0.3, -0.25) is 4.79 Å². The van der Waals surface area contributed by atoms with Gasteiger partial charge < -0.3 is 9.84 Å². The second-order valence-electron chi connectivity index (χ2n) is 2.50. The van der Waals surface area contributed by atoms with Crippen molar-refractivity contribution in [1.82, 2.24) is 20.2 Å². The largest absolute Gasteiger partial charge is 0.465 e. The number of aliphatic hydroxyl groups is 1. The zero-order valence-corrected chi connectivity index (χ0v) is 9.11. The van der Waals surface area contributed by atoms with Gasteiger partial charge in [-0.05, 0) is 17.4 Å². The molecule has 0 spiro atoms. The predicted octanol–water partition coefficient (Wildman–Crippen LogP) is -0.679. The maximum atomic E-state index is 11.0. The SMILES string of the molecule is CCOC(=O)CSc1nnnn1CCO. The molecule has 0 atom stereocenters. The van der Waals surface area contributed by atoms with Gasteiger partial charge in [-0.15, -0.1) is 5.10 Å². The number of hydrogen-bond acceptors (Lipinski definition) is 7. The average Bonchev–Trinajstić information content (AvgIpc) is 2.64. The topological polar surface area (TPSA) is 90.1 Å². The number of nitrogens with zero attached hydrogens (tertiary/aromatic N) is 4. The van der Waals surface area contributed by atoms with E-state index in [0.717, 1.165) is 0 Å². The van der Waals surface area contributed by atoms with Crippen LogP contribution >= 0.6 is 11.8 Å². The summed E-state index contributed by atoms with van der Waals surface area (Å²) >= 11 is 1.18. The van der Waals surface area contributed by atoms with Gasteiger partial charge in [0.25, 0.3) is 0 Å². The standard InChI is InChI=1S/C7H12N4O3S/c1-2-14-6(13)5-15-7-8-9-10-11(7)3-4-12/h12H,2-5H2,1H3. The summed E-state index contributed by atoms with van der Waals surface area (Å²) < 4.78 is 6.19. The minimum atomic E-state index is -0.305. The summed E-state index contributed by atoms with van der Waals surface area (Å²) in [6.07, 6.45) is 0. The minimum absolute atomic E-state index is 0.0436. The Bertz CT molecular complexity index is 317. The smallest absolute Gasteiger partial charge is 0.316 e. The zero-order valence-electron chi connectivity index (χ0n) is 8.29. The van der Waals surface area contributed by atoms with Crippen LogP contribution in [0.3, 0.4) is 0 Å². The van der Waals surface area contributed by atoms with Gasteiger partial charge in [0, 0.05) is 0 Å². The summed E-state index contributed by atoms with van der Waals surface area (Å²) in [5.74, 6) is -0.138. The van der Waals surface area contributed by atoms with Gasteiger partial charge in [0.1, 0.15) is 0 Å². The molecule has 1 rings (SSSR count). The van der Waals surface area contributed by atoms with E-state index in [0.29, 0.717) is 18.3 Å².